The van der Waals surface area contributed by atoms with Crippen LogP contribution in [0, 0.1) is 0 Å². The molecule has 1 aromatic heterocycles. The molecular formula is C7H9N3O2. The van der Waals surface area contributed by atoms with Crippen LogP contribution in [0.3, 0.4) is 0 Å². The Hall–Kier alpha value is -1.49. The highest BCUT2D eigenvalue weighted by Crippen LogP contribution is 1.90. The third kappa shape index (κ3) is 2.63. The van der Waals surface area contributed by atoms with Crippen molar-refractivity contribution in [1.82, 2.24) is 15.4 Å². The molecule has 1 N–H and O–H groups in total. The first kappa shape index (κ1) is 8.61. The number of carbonyl (C=O) groups excluding carboxylic acids is 1. The van der Waals surface area contributed by atoms with Crippen LogP contribution in [-0.2, 0) is 16.1 Å². The number of aromatic nitrogens is 2. The Kier molecular flexibility index (Phi) is 3.16. The predicted octanol–water partition coefficient (Wildman–Crippen LogP) is -0.303. The summed E-state index contributed by atoms with van der Waals surface area (Å²) in [5, 5.41) is 0. The number of hydrogen-bond donors (Lipinski definition) is 1. The van der Waals surface area contributed by atoms with Crippen molar-refractivity contribution in [3.63, 3.8) is 0 Å². The molecule has 0 fully saturated rings. The monoisotopic (exact) mass is 167 g/mol. The zero-order chi connectivity index (χ0) is 8.81. The Morgan fingerprint density at radius 1 is 1.58 bits per heavy atom. The van der Waals surface area contributed by atoms with Gasteiger partial charge in [0.25, 0.3) is 0 Å². The zero-order valence-corrected chi connectivity index (χ0v) is 6.65. The molecule has 1 heterocycles. The summed E-state index contributed by atoms with van der Waals surface area (Å²) in [6, 6.07) is 1.69. The van der Waals surface area contributed by atoms with Crippen LogP contribution in [0.25, 0.3) is 0 Å². The van der Waals surface area contributed by atoms with Crippen LogP contribution in [0.1, 0.15) is 5.82 Å². The maximum Gasteiger partial charge on any atom is 0.332 e. The molecule has 0 radical (unpaired) electrons. The molecular weight excluding hydrogens is 158 g/mol. The molecule has 12 heavy (non-hydrogen) atoms. The van der Waals surface area contributed by atoms with E-state index < -0.39 is 5.97 Å². The largest absolute Gasteiger partial charge is 0.370 e. The first-order chi connectivity index (χ1) is 5.83. The van der Waals surface area contributed by atoms with Crippen molar-refractivity contribution in [3.05, 3.63) is 24.3 Å². The molecule has 0 bridgehead atoms. The summed E-state index contributed by atoms with van der Waals surface area (Å²) in [5.74, 6) is 0.0569. The lowest BCUT2D eigenvalue weighted by Gasteiger charge is -1.98. The topological polar surface area (TPSA) is 64.1 Å². The fourth-order valence-corrected chi connectivity index (χ4v) is 0.700. The molecule has 0 saturated heterocycles. The highest BCUT2D eigenvalue weighted by atomic mass is 16.7. The van der Waals surface area contributed by atoms with Gasteiger partial charge in [-0.1, -0.05) is 0 Å². The van der Waals surface area contributed by atoms with E-state index in [1.54, 1.807) is 18.5 Å². The van der Waals surface area contributed by atoms with Crippen molar-refractivity contribution in [2.75, 3.05) is 7.05 Å². The highest BCUT2D eigenvalue weighted by Gasteiger charge is 2.04. The molecule has 1 aromatic rings. The van der Waals surface area contributed by atoms with Gasteiger partial charge in [0.1, 0.15) is 12.2 Å². The molecule has 0 aliphatic rings. The molecule has 0 atom stereocenters. The normalized spacial score (nSPS) is 9.42. The zero-order valence-electron chi connectivity index (χ0n) is 6.65. The molecule has 1 rings (SSSR count). The van der Waals surface area contributed by atoms with Crippen LogP contribution < -0.4 is 5.48 Å². The quantitative estimate of drug-likeness (QED) is 0.626. The van der Waals surface area contributed by atoms with Gasteiger partial charge in [-0.25, -0.2) is 14.8 Å². The molecule has 0 aliphatic heterocycles. The van der Waals surface area contributed by atoms with Crippen LogP contribution in [0.4, 0.5) is 0 Å². The molecule has 5 nitrogen and oxygen atoms in total. The fourth-order valence-electron chi connectivity index (χ4n) is 0.700. The van der Waals surface area contributed by atoms with Crippen LogP contribution in [0.5, 0.6) is 0 Å². The minimum atomic E-state index is -0.399. The Bertz CT molecular complexity index is 250. The minimum absolute atomic E-state index is 0.0850. The van der Waals surface area contributed by atoms with Crippen LogP contribution >= 0.6 is 0 Å². The number of hydroxylamine groups is 1. The summed E-state index contributed by atoms with van der Waals surface area (Å²) in [6.45, 7) is 0. The predicted molar refractivity (Wildman–Crippen MR) is 40.9 cm³/mol. The molecule has 0 spiro atoms. The number of hydrogen-bond acceptors (Lipinski definition) is 5. The van der Waals surface area contributed by atoms with Gasteiger partial charge in [0.05, 0.1) is 0 Å². The van der Waals surface area contributed by atoms with Gasteiger partial charge in [-0.05, 0) is 6.07 Å². The molecule has 0 aliphatic carbocycles. The Morgan fingerprint density at radius 3 is 2.83 bits per heavy atom. The van der Waals surface area contributed by atoms with E-state index in [1.165, 1.54) is 7.05 Å². The Labute approximate surface area is 69.7 Å². The van der Waals surface area contributed by atoms with Gasteiger partial charge in [0, 0.05) is 19.4 Å². The minimum Gasteiger partial charge on any atom is -0.370 e. The molecule has 0 aromatic carbocycles. The maximum atomic E-state index is 10.8. The van der Waals surface area contributed by atoms with E-state index in [2.05, 4.69) is 20.3 Å². The van der Waals surface area contributed by atoms with Gasteiger partial charge in [-0.2, -0.15) is 5.48 Å². The second-order valence-corrected chi connectivity index (χ2v) is 2.02. The lowest BCUT2D eigenvalue weighted by Crippen LogP contribution is -2.17. The van der Waals surface area contributed by atoms with Crippen LogP contribution in [0.15, 0.2) is 18.5 Å². The summed E-state index contributed by atoms with van der Waals surface area (Å²) in [6.07, 6.45) is 3.24. The van der Waals surface area contributed by atoms with Crippen molar-refractivity contribution < 1.29 is 9.63 Å². The summed E-state index contributed by atoms with van der Waals surface area (Å²) in [7, 11) is 1.52. The number of nitrogens with one attached hydrogen (secondary N) is 1. The van der Waals surface area contributed by atoms with Crippen molar-refractivity contribution in [2.45, 2.75) is 6.42 Å². The van der Waals surface area contributed by atoms with E-state index in [1.807, 2.05) is 0 Å². The van der Waals surface area contributed by atoms with Crippen molar-refractivity contribution in [2.24, 2.45) is 0 Å². The average molecular weight is 167 g/mol. The Morgan fingerprint density at radius 2 is 2.25 bits per heavy atom. The van der Waals surface area contributed by atoms with E-state index in [-0.39, 0.29) is 6.42 Å². The summed E-state index contributed by atoms with van der Waals surface area (Å²) < 4.78 is 0. The first-order valence-electron chi connectivity index (χ1n) is 3.45. The standard InChI is InChI=1S/C7H9N3O2/c1-8-12-7(11)5-6-9-3-2-4-10-6/h2-4,8H,5H2,1H3. The van der Waals surface area contributed by atoms with Crippen LogP contribution in [-0.4, -0.2) is 23.0 Å². The average Bonchev–Trinajstić information content (AvgIpc) is 2.06. The van der Waals surface area contributed by atoms with Crippen molar-refractivity contribution >= 4 is 5.97 Å². The van der Waals surface area contributed by atoms with Crippen molar-refractivity contribution in [3.8, 4) is 0 Å². The van der Waals surface area contributed by atoms with Gasteiger partial charge < -0.3 is 4.84 Å². The second kappa shape index (κ2) is 4.40. The smallest absolute Gasteiger partial charge is 0.332 e. The Balaban J connectivity index is 2.47. The fraction of sp³-hybridized carbons (Fsp3) is 0.286. The lowest BCUT2D eigenvalue weighted by atomic mass is 10.4. The van der Waals surface area contributed by atoms with Crippen molar-refractivity contribution in [1.29, 1.82) is 0 Å². The van der Waals surface area contributed by atoms with E-state index in [0.717, 1.165) is 0 Å². The molecule has 5 heteroatoms. The highest BCUT2D eigenvalue weighted by molar-refractivity contribution is 5.71. The van der Waals surface area contributed by atoms with E-state index in [9.17, 15) is 4.79 Å². The number of rotatable bonds is 3. The van der Waals surface area contributed by atoms with Crippen LogP contribution in [0.2, 0.25) is 0 Å². The lowest BCUT2D eigenvalue weighted by molar-refractivity contribution is -0.149. The molecule has 0 unspecified atom stereocenters. The summed E-state index contributed by atoms with van der Waals surface area (Å²) >= 11 is 0. The van der Waals surface area contributed by atoms with E-state index >= 15 is 0 Å². The molecule has 0 amide bonds. The van der Waals surface area contributed by atoms with E-state index in [4.69, 9.17) is 0 Å². The molecule has 64 valence electrons. The SMILES string of the molecule is CNOC(=O)Cc1ncccn1. The maximum absolute atomic E-state index is 10.8. The summed E-state index contributed by atoms with van der Waals surface area (Å²) in [4.78, 5) is 23.0. The first-order valence-corrected chi connectivity index (χ1v) is 3.45. The van der Waals surface area contributed by atoms with Gasteiger partial charge >= 0.3 is 5.97 Å². The number of nitrogens with zero attached hydrogens (tertiary/aromatic N) is 2. The van der Waals surface area contributed by atoms with Gasteiger partial charge in [-0.3, -0.25) is 0 Å². The van der Waals surface area contributed by atoms with Gasteiger partial charge in [0.2, 0.25) is 0 Å². The number of carbonyl (C=O) groups is 1. The third-order valence-electron chi connectivity index (χ3n) is 1.14. The molecule has 0 saturated carbocycles. The van der Waals surface area contributed by atoms with E-state index in [0.29, 0.717) is 5.82 Å². The third-order valence-corrected chi connectivity index (χ3v) is 1.14. The van der Waals surface area contributed by atoms with Gasteiger partial charge in [0.15, 0.2) is 0 Å². The second-order valence-electron chi connectivity index (χ2n) is 2.02. The summed E-state index contributed by atoms with van der Waals surface area (Å²) in [5.41, 5.74) is 2.28. The van der Waals surface area contributed by atoms with Gasteiger partial charge in [-0.15, -0.1) is 0 Å².